The molecule has 0 atom stereocenters. The van der Waals surface area contributed by atoms with Crippen LogP contribution in [0.1, 0.15) is 12.8 Å². The lowest BCUT2D eigenvalue weighted by Crippen LogP contribution is -2.22. The third-order valence-corrected chi connectivity index (χ3v) is 3.29. The van der Waals surface area contributed by atoms with Gasteiger partial charge in [-0.2, -0.15) is 0 Å². The van der Waals surface area contributed by atoms with E-state index in [2.05, 4.69) is 30.1 Å². The van der Waals surface area contributed by atoms with Gasteiger partial charge in [0.15, 0.2) is 0 Å². The maximum atomic E-state index is 11.0. The number of carbonyl (C=O) groups is 1. The molecule has 0 aromatic heterocycles. The largest absolute Gasteiger partial charge is 0.493 e. The summed E-state index contributed by atoms with van der Waals surface area (Å²) in [5.41, 5.74) is 2.25. The van der Waals surface area contributed by atoms with Crippen molar-refractivity contribution in [3.63, 3.8) is 0 Å². The molecule has 2 rings (SSSR count). The zero-order valence-electron chi connectivity index (χ0n) is 12.6. The molecule has 2 aromatic rings. The van der Waals surface area contributed by atoms with Crippen LogP contribution >= 0.6 is 0 Å². The fourth-order valence-corrected chi connectivity index (χ4v) is 2.14. The minimum Gasteiger partial charge on any atom is -0.493 e. The maximum absolute atomic E-state index is 11.0. The highest BCUT2D eigenvalue weighted by Gasteiger charge is 2.04. The molecule has 3 nitrogen and oxygen atoms in total. The van der Waals surface area contributed by atoms with Gasteiger partial charge in [0.05, 0.1) is 6.61 Å². The van der Waals surface area contributed by atoms with Crippen molar-refractivity contribution in [2.45, 2.75) is 12.8 Å². The second-order valence-electron chi connectivity index (χ2n) is 4.91. The van der Waals surface area contributed by atoms with Crippen LogP contribution in [-0.4, -0.2) is 19.1 Å². The van der Waals surface area contributed by atoms with Gasteiger partial charge in [-0.3, -0.25) is 4.79 Å². The molecule has 0 aliphatic carbocycles. The molecule has 0 radical (unpaired) electrons. The number of para-hydroxylation sites is 1. The molecule has 0 aliphatic heterocycles. The van der Waals surface area contributed by atoms with Gasteiger partial charge in [0.1, 0.15) is 5.75 Å². The van der Waals surface area contributed by atoms with Gasteiger partial charge in [0.2, 0.25) is 5.91 Å². The van der Waals surface area contributed by atoms with Crippen LogP contribution in [0.25, 0.3) is 11.1 Å². The van der Waals surface area contributed by atoms with Gasteiger partial charge in [-0.1, -0.05) is 55.1 Å². The molecule has 0 aliphatic rings. The summed E-state index contributed by atoms with van der Waals surface area (Å²) in [5.74, 6) is 0.763. The lowest BCUT2D eigenvalue weighted by molar-refractivity contribution is -0.116. The Morgan fingerprint density at radius 3 is 2.55 bits per heavy atom. The average molecular weight is 295 g/mol. The van der Waals surface area contributed by atoms with Crippen LogP contribution in [-0.2, 0) is 4.79 Å². The highest BCUT2D eigenvalue weighted by molar-refractivity contribution is 5.86. The molecular weight excluding hydrogens is 274 g/mol. The maximum Gasteiger partial charge on any atom is 0.243 e. The molecular formula is C19H21NO2. The second-order valence-corrected chi connectivity index (χ2v) is 4.91. The Labute approximate surface area is 131 Å². The molecule has 22 heavy (non-hydrogen) atoms. The van der Waals surface area contributed by atoms with Crippen LogP contribution in [0.4, 0.5) is 0 Å². The van der Waals surface area contributed by atoms with E-state index in [9.17, 15) is 4.79 Å². The van der Waals surface area contributed by atoms with E-state index in [0.717, 1.165) is 29.7 Å². The van der Waals surface area contributed by atoms with Crippen molar-refractivity contribution in [1.82, 2.24) is 5.32 Å². The predicted octanol–water partition coefficient (Wildman–Crippen LogP) is 3.81. The summed E-state index contributed by atoms with van der Waals surface area (Å²) in [7, 11) is 0. The third-order valence-electron chi connectivity index (χ3n) is 3.29. The van der Waals surface area contributed by atoms with Crippen molar-refractivity contribution >= 4 is 5.91 Å². The Balaban J connectivity index is 1.84. The van der Waals surface area contributed by atoms with E-state index in [0.29, 0.717) is 13.2 Å². The summed E-state index contributed by atoms with van der Waals surface area (Å²) < 4.78 is 5.89. The van der Waals surface area contributed by atoms with E-state index >= 15 is 0 Å². The van der Waals surface area contributed by atoms with Gasteiger partial charge >= 0.3 is 0 Å². The lowest BCUT2D eigenvalue weighted by atomic mass is 10.1. The van der Waals surface area contributed by atoms with Crippen LogP contribution in [0.5, 0.6) is 5.75 Å². The quantitative estimate of drug-likeness (QED) is 0.594. The number of rotatable bonds is 8. The molecule has 1 N–H and O–H groups in total. The highest BCUT2D eigenvalue weighted by atomic mass is 16.5. The van der Waals surface area contributed by atoms with Gasteiger partial charge in [-0.15, -0.1) is 0 Å². The van der Waals surface area contributed by atoms with Gasteiger partial charge < -0.3 is 10.1 Å². The van der Waals surface area contributed by atoms with Gasteiger partial charge in [0.25, 0.3) is 0 Å². The van der Waals surface area contributed by atoms with Crippen LogP contribution < -0.4 is 10.1 Å². The summed E-state index contributed by atoms with van der Waals surface area (Å²) in [6.45, 7) is 4.70. The molecule has 0 saturated heterocycles. The predicted molar refractivity (Wildman–Crippen MR) is 89.8 cm³/mol. The number of unbranched alkanes of at least 4 members (excludes halogenated alkanes) is 1. The molecule has 0 saturated carbocycles. The SMILES string of the molecule is C=CC(=O)NCCCCOc1ccccc1-c1ccccc1. The van der Waals surface area contributed by atoms with Crippen molar-refractivity contribution in [3.8, 4) is 16.9 Å². The molecule has 1 amide bonds. The van der Waals surface area contributed by atoms with Gasteiger partial charge in [-0.25, -0.2) is 0 Å². The monoisotopic (exact) mass is 295 g/mol. The Bertz CT molecular complexity index is 608. The van der Waals surface area contributed by atoms with E-state index < -0.39 is 0 Å². The molecule has 0 fully saturated rings. The first-order valence-corrected chi connectivity index (χ1v) is 7.49. The number of benzene rings is 2. The van der Waals surface area contributed by atoms with Gasteiger partial charge in [-0.05, 0) is 30.5 Å². The van der Waals surface area contributed by atoms with Crippen LogP contribution in [0.3, 0.4) is 0 Å². The molecule has 0 spiro atoms. The second kappa shape index (κ2) is 8.67. The number of nitrogens with one attached hydrogen (secondary N) is 1. The third kappa shape index (κ3) is 4.77. The number of carbonyl (C=O) groups excluding carboxylic acids is 1. The first-order chi connectivity index (χ1) is 10.8. The summed E-state index contributed by atoms with van der Waals surface area (Å²) in [6, 6.07) is 18.2. The van der Waals surface area contributed by atoms with E-state index in [-0.39, 0.29) is 5.91 Å². The van der Waals surface area contributed by atoms with Gasteiger partial charge in [0, 0.05) is 12.1 Å². The first kappa shape index (κ1) is 15.8. The van der Waals surface area contributed by atoms with Crippen molar-refractivity contribution in [2.75, 3.05) is 13.2 Å². The minimum absolute atomic E-state index is 0.129. The summed E-state index contributed by atoms with van der Waals surface area (Å²) in [6.07, 6.45) is 3.06. The fourth-order valence-electron chi connectivity index (χ4n) is 2.14. The normalized spacial score (nSPS) is 10.0. The molecule has 2 aromatic carbocycles. The topological polar surface area (TPSA) is 38.3 Å². The smallest absolute Gasteiger partial charge is 0.243 e. The minimum atomic E-state index is -0.129. The Kier molecular flexibility index (Phi) is 6.24. The van der Waals surface area contributed by atoms with E-state index in [1.807, 2.05) is 36.4 Å². The highest BCUT2D eigenvalue weighted by Crippen LogP contribution is 2.29. The number of amides is 1. The zero-order chi connectivity index (χ0) is 15.6. The van der Waals surface area contributed by atoms with Crippen LogP contribution in [0.2, 0.25) is 0 Å². The number of hydrogen-bond acceptors (Lipinski definition) is 2. The van der Waals surface area contributed by atoms with Crippen molar-refractivity contribution in [1.29, 1.82) is 0 Å². The summed E-state index contributed by atoms with van der Waals surface area (Å²) >= 11 is 0. The fraction of sp³-hybridized carbons (Fsp3) is 0.211. The average Bonchev–Trinajstić information content (AvgIpc) is 2.59. The van der Waals surface area contributed by atoms with Crippen molar-refractivity contribution in [3.05, 3.63) is 67.3 Å². The van der Waals surface area contributed by atoms with Crippen molar-refractivity contribution < 1.29 is 9.53 Å². The van der Waals surface area contributed by atoms with E-state index in [1.54, 1.807) is 0 Å². The van der Waals surface area contributed by atoms with E-state index in [1.165, 1.54) is 6.08 Å². The lowest BCUT2D eigenvalue weighted by Gasteiger charge is -2.11. The summed E-state index contributed by atoms with van der Waals surface area (Å²) in [4.78, 5) is 11.0. The number of hydrogen-bond donors (Lipinski definition) is 1. The van der Waals surface area contributed by atoms with Crippen LogP contribution in [0, 0.1) is 0 Å². The zero-order valence-corrected chi connectivity index (χ0v) is 12.6. The van der Waals surface area contributed by atoms with Crippen molar-refractivity contribution in [2.24, 2.45) is 0 Å². The molecule has 0 bridgehead atoms. The Hall–Kier alpha value is -2.55. The van der Waals surface area contributed by atoms with E-state index in [4.69, 9.17) is 4.74 Å². The molecule has 0 heterocycles. The Morgan fingerprint density at radius 1 is 1.05 bits per heavy atom. The number of ether oxygens (including phenoxy) is 1. The standard InChI is InChI=1S/C19H21NO2/c1-2-19(21)20-14-8-9-15-22-18-13-7-6-12-17(18)16-10-4-3-5-11-16/h2-7,10-13H,1,8-9,14-15H2,(H,20,21). The molecule has 3 heteroatoms. The molecule has 114 valence electrons. The Morgan fingerprint density at radius 2 is 1.77 bits per heavy atom. The molecule has 0 unspecified atom stereocenters. The first-order valence-electron chi connectivity index (χ1n) is 7.49. The van der Waals surface area contributed by atoms with Crippen LogP contribution in [0.15, 0.2) is 67.3 Å². The summed E-state index contributed by atoms with van der Waals surface area (Å²) in [5, 5.41) is 2.76.